The van der Waals surface area contributed by atoms with E-state index in [2.05, 4.69) is 17.1 Å². The van der Waals surface area contributed by atoms with E-state index in [0.717, 1.165) is 30.8 Å². The van der Waals surface area contributed by atoms with E-state index in [1.54, 1.807) is 4.90 Å². The maximum absolute atomic E-state index is 12.2. The van der Waals surface area contributed by atoms with Crippen molar-refractivity contribution in [2.75, 3.05) is 37.7 Å². The fraction of sp³-hybridized carbons (Fsp3) is 0.579. The number of carbonyl (C=O) groups is 2. The highest BCUT2D eigenvalue weighted by Gasteiger charge is 2.26. The van der Waals surface area contributed by atoms with E-state index < -0.39 is 0 Å². The van der Waals surface area contributed by atoms with E-state index in [0.29, 0.717) is 31.3 Å². The summed E-state index contributed by atoms with van der Waals surface area (Å²) in [4.78, 5) is 28.5. The van der Waals surface area contributed by atoms with Crippen molar-refractivity contribution in [3.8, 4) is 5.75 Å². The lowest BCUT2D eigenvalue weighted by atomic mass is 10.1. The Morgan fingerprint density at radius 2 is 2.24 bits per heavy atom. The molecule has 1 aromatic carbocycles. The van der Waals surface area contributed by atoms with Crippen molar-refractivity contribution in [3.05, 3.63) is 23.8 Å². The van der Waals surface area contributed by atoms with Gasteiger partial charge in [0, 0.05) is 25.6 Å². The van der Waals surface area contributed by atoms with Crippen molar-refractivity contribution in [2.24, 2.45) is 0 Å². The molecule has 6 heteroatoms. The van der Waals surface area contributed by atoms with Gasteiger partial charge in [-0.25, -0.2) is 0 Å². The summed E-state index contributed by atoms with van der Waals surface area (Å²) in [5.41, 5.74) is 1.82. The van der Waals surface area contributed by atoms with Gasteiger partial charge < -0.3 is 15.0 Å². The molecule has 2 aliphatic rings. The summed E-state index contributed by atoms with van der Waals surface area (Å²) in [6.07, 6.45) is 2.65. The molecule has 1 atom stereocenters. The maximum Gasteiger partial charge on any atom is 0.265 e. The monoisotopic (exact) mass is 345 g/mol. The van der Waals surface area contributed by atoms with Crippen molar-refractivity contribution >= 4 is 17.5 Å². The van der Waals surface area contributed by atoms with Gasteiger partial charge in [0.25, 0.3) is 5.91 Å². The van der Waals surface area contributed by atoms with E-state index in [1.807, 2.05) is 25.1 Å². The zero-order valence-electron chi connectivity index (χ0n) is 15.1. The van der Waals surface area contributed by atoms with E-state index in [-0.39, 0.29) is 18.4 Å². The van der Waals surface area contributed by atoms with Gasteiger partial charge in [-0.1, -0.05) is 13.0 Å². The molecule has 0 aliphatic carbocycles. The Kier molecular flexibility index (Phi) is 5.58. The molecule has 1 fully saturated rings. The van der Waals surface area contributed by atoms with E-state index in [9.17, 15) is 9.59 Å². The van der Waals surface area contributed by atoms with Gasteiger partial charge in [0.2, 0.25) is 5.91 Å². The zero-order valence-corrected chi connectivity index (χ0v) is 15.1. The molecule has 0 bridgehead atoms. The van der Waals surface area contributed by atoms with E-state index in [1.165, 1.54) is 6.42 Å². The second kappa shape index (κ2) is 7.87. The number of nitrogens with zero attached hydrogens (tertiary/aromatic N) is 2. The average molecular weight is 345 g/mol. The number of carbonyl (C=O) groups excluding carboxylic acids is 2. The Labute approximate surface area is 149 Å². The zero-order chi connectivity index (χ0) is 17.8. The van der Waals surface area contributed by atoms with Crippen LogP contribution in [0.1, 0.15) is 31.7 Å². The number of amides is 2. The van der Waals surface area contributed by atoms with Crippen molar-refractivity contribution in [3.63, 3.8) is 0 Å². The first-order chi connectivity index (χ1) is 12.1. The predicted octanol–water partition coefficient (Wildman–Crippen LogP) is 1.71. The number of anilines is 1. The van der Waals surface area contributed by atoms with Crippen LogP contribution in [0.25, 0.3) is 0 Å². The number of hydrogen-bond donors (Lipinski definition) is 1. The topological polar surface area (TPSA) is 61.9 Å². The molecule has 2 aliphatic heterocycles. The second-order valence-corrected chi connectivity index (χ2v) is 6.78. The van der Waals surface area contributed by atoms with E-state index >= 15 is 0 Å². The highest BCUT2D eigenvalue weighted by molar-refractivity contribution is 5.98. The van der Waals surface area contributed by atoms with Crippen molar-refractivity contribution in [2.45, 2.75) is 39.2 Å². The minimum Gasteiger partial charge on any atom is -0.482 e. The molecule has 0 aromatic heterocycles. The molecular formula is C19H27N3O3. The molecule has 2 heterocycles. The van der Waals surface area contributed by atoms with Crippen LogP contribution in [-0.2, 0) is 9.59 Å². The van der Waals surface area contributed by atoms with Crippen LogP contribution in [0.5, 0.6) is 5.75 Å². The lowest BCUT2D eigenvalue weighted by Gasteiger charge is -2.29. The number of aryl methyl sites for hydroxylation is 1. The van der Waals surface area contributed by atoms with Crippen LogP contribution in [-0.4, -0.2) is 55.5 Å². The van der Waals surface area contributed by atoms with Gasteiger partial charge in [-0.3, -0.25) is 14.5 Å². The van der Waals surface area contributed by atoms with Crippen LogP contribution in [0.4, 0.5) is 5.69 Å². The summed E-state index contributed by atoms with van der Waals surface area (Å²) in [6, 6.07) is 6.22. The standard InChI is InChI=1S/C19H27N3O3/c1-3-21-9-4-5-15(21)12-20-18(23)8-10-22-16-11-14(2)6-7-17(16)25-13-19(22)24/h6-7,11,15H,3-5,8-10,12-13H2,1-2H3,(H,20,23). The fourth-order valence-electron chi connectivity index (χ4n) is 3.63. The van der Waals surface area contributed by atoms with Gasteiger partial charge in [-0.15, -0.1) is 0 Å². The van der Waals surface area contributed by atoms with Crippen molar-refractivity contribution in [1.29, 1.82) is 0 Å². The molecule has 3 rings (SSSR count). The third-order valence-electron chi connectivity index (χ3n) is 5.06. The Morgan fingerprint density at radius 3 is 3.04 bits per heavy atom. The Hall–Kier alpha value is -2.08. The number of hydrogen-bond acceptors (Lipinski definition) is 4. The molecule has 136 valence electrons. The third-order valence-corrected chi connectivity index (χ3v) is 5.06. The number of likely N-dealkylation sites (tertiary alicyclic amines) is 1. The fourth-order valence-corrected chi connectivity index (χ4v) is 3.63. The summed E-state index contributed by atoms with van der Waals surface area (Å²) in [5, 5.41) is 3.03. The van der Waals surface area contributed by atoms with Crippen LogP contribution >= 0.6 is 0 Å². The van der Waals surface area contributed by atoms with E-state index in [4.69, 9.17) is 4.74 Å². The predicted molar refractivity (Wildman–Crippen MR) is 96.9 cm³/mol. The summed E-state index contributed by atoms with van der Waals surface area (Å²) in [7, 11) is 0. The van der Waals surface area contributed by atoms with Crippen LogP contribution in [0.2, 0.25) is 0 Å². The van der Waals surface area contributed by atoms with Gasteiger partial charge in [0.15, 0.2) is 6.61 Å². The number of nitrogens with one attached hydrogen (secondary N) is 1. The largest absolute Gasteiger partial charge is 0.482 e. The SMILES string of the molecule is CCN1CCCC1CNC(=O)CCN1C(=O)COc2ccc(C)cc21. The molecule has 1 N–H and O–H groups in total. The first-order valence-corrected chi connectivity index (χ1v) is 9.13. The Morgan fingerprint density at radius 1 is 1.40 bits per heavy atom. The molecule has 2 amide bonds. The number of likely N-dealkylation sites (N-methyl/N-ethyl adjacent to an activating group) is 1. The first-order valence-electron chi connectivity index (χ1n) is 9.13. The van der Waals surface area contributed by atoms with Gasteiger partial charge in [-0.2, -0.15) is 0 Å². The van der Waals surface area contributed by atoms with Crippen LogP contribution in [0.3, 0.4) is 0 Å². The second-order valence-electron chi connectivity index (χ2n) is 6.78. The highest BCUT2D eigenvalue weighted by atomic mass is 16.5. The highest BCUT2D eigenvalue weighted by Crippen LogP contribution is 2.32. The van der Waals surface area contributed by atoms with Gasteiger partial charge in [0.05, 0.1) is 5.69 Å². The summed E-state index contributed by atoms with van der Waals surface area (Å²) in [5.74, 6) is 0.602. The van der Waals surface area contributed by atoms with Gasteiger partial charge in [-0.05, 0) is 50.6 Å². The molecule has 0 spiro atoms. The lowest BCUT2D eigenvalue weighted by molar-refractivity contribution is -0.122. The number of rotatable bonds is 6. The third kappa shape index (κ3) is 4.12. The molecule has 6 nitrogen and oxygen atoms in total. The van der Waals surface area contributed by atoms with Gasteiger partial charge in [0.1, 0.15) is 5.75 Å². The summed E-state index contributed by atoms with van der Waals surface area (Å²) < 4.78 is 5.47. The maximum atomic E-state index is 12.2. The summed E-state index contributed by atoms with van der Waals surface area (Å²) >= 11 is 0. The molecular weight excluding hydrogens is 318 g/mol. The molecule has 0 saturated carbocycles. The lowest BCUT2D eigenvalue weighted by Crippen LogP contribution is -2.43. The molecule has 1 saturated heterocycles. The molecule has 0 radical (unpaired) electrons. The minimum absolute atomic E-state index is 0.00329. The normalized spacial score (nSPS) is 20.3. The molecule has 1 unspecified atom stereocenters. The summed E-state index contributed by atoms with van der Waals surface area (Å²) in [6.45, 7) is 7.39. The number of ether oxygens (including phenoxy) is 1. The first kappa shape index (κ1) is 17.7. The minimum atomic E-state index is -0.0983. The number of benzene rings is 1. The quantitative estimate of drug-likeness (QED) is 0.853. The Balaban J connectivity index is 1.53. The van der Waals surface area contributed by atoms with Crippen LogP contribution < -0.4 is 15.0 Å². The van der Waals surface area contributed by atoms with Crippen molar-refractivity contribution < 1.29 is 14.3 Å². The average Bonchev–Trinajstić information content (AvgIpc) is 3.06. The molecule has 1 aromatic rings. The van der Waals surface area contributed by atoms with Gasteiger partial charge >= 0.3 is 0 Å². The smallest absolute Gasteiger partial charge is 0.265 e. The van der Waals surface area contributed by atoms with Crippen LogP contribution in [0, 0.1) is 6.92 Å². The Bertz CT molecular complexity index is 647. The molecule has 25 heavy (non-hydrogen) atoms. The van der Waals surface area contributed by atoms with Crippen LogP contribution in [0.15, 0.2) is 18.2 Å². The van der Waals surface area contributed by atoms with Crippen molar-refractivity contribution in [1.82, 2.24) is 10.2 Å². The number of fused-ring (bicyclic) bond motifs is 1.